The summed E-state index contributed by atoms with van der Waals surface area (Å²) < 4.78 is 16.2. The molecule has 0 radical (unpaired) electrons. The topological polar surface area (TPSA) is 123 Å². The molecule has 3 N–H and O–H groups in total. The number of hydrogen-bond donors (Lipinski definition) is 3. The maximum absolute atomic E-state index is 12.8. The summed E-state index contributed by atoms with van der Waals surface area (Å²) in [5.41, 5.74) is 2.19. The third-order valence-electron chi connectivity index (χ3n) is 6.35. The lowest BCUT2D eigenvalue weighted by Crippen LogP contribution is -2.42. The Morgan fingerprint density at radius 3 is 2.24 bits per heavy atom. The smallest absolute Gasteiger partial charge is 0.303 e. The van der Waals surface area contributed by atoms with E-state index in [0.29, 0.717) is 19.3 Å². The fraction of sp³-hybridized carbons (Fsp3) is 0.692. The van der Waals surface area contributed by atoms with Gasteiger partial charge in [0.05, 0.1) is 20.3 Å². The van der Waals surface area contributed by atoms with Gasteiger partial charge >= 0.3 is 5.97 Å². The van der Waals surface area contributed by atoms with Gasteiger partial charge in [-0.2, -0.15) is 0 Å². The fourth-order valence-corrected chi connectivity index (χ4v) is 4.24. The van der Waals surface area contributed by atoms with Crippen LogP contribution in [0.5, 0.6) is 0 Å². The van der Waals surface area contributed by atoms with Gasteiger partial charge in [0.2, 0.25) is 11.5 Å². The normalized spacial score (nSPS) is 23.7. The van der Waals surface area contributed by atoms with Gasteiger partial charge in [0.1, 0.15) is 0 Å². The van der Waals surface area contributed by atoms with Gasteiger partial charge in [-0.15, -0.1) is 0 Å². The molecule has 0 spiro atoms. The van der Waals surface area contributed by atoms with Gasteiger partial charge in [-0.05, 0) is 46.0 Å². The average molecular weight is 483 g/mol. The van der Waals surface area contributed by atoms with E-state index in [4.69, 9.17) is 24.4 Å². The average Bonchev–Trinajstić information content (AvgIpc) is 2.74. The van der Waals surface area contributed by atoms with Gasteiger partial charge in [0.15, 0.2) is 18.2 Å². The summed E-state index contributed by atoms with van der Waals surface area (Å²) in [6.45, 7) is 8.80. The second-order valence-corrected chi connectivity index (χ2v) is 9.31. The minimum Gasteiger partial charge on any atom is -0.493 e. The van der Waals surface area contributed by atoms with E-state index in [1.807, 2.05) is 20.8 Å². The molecule has 0 aromatic rings. The summed E-state index contributed by atoms with van der Waals surface area (Å²) in [6, 6.07) is 0. The summed E-state index contributed by atoms with van der Waals surface area (Å²) >= 11 is 0. The molecule has 194 valence electrons. The highest BCUT2D eigenvalue weighted by molar-refractivity contribution is 5.97. The molecule has 0 aromatic heterocycles. The van der Waals surface area contributed by atoms with Crippen molar-refractivity contribution in [3.05, 3.63) is 34.8 Å². The maximum atomic E-state index is 12.8. The Bertz CT molecular complexity index is 780. The lowest BCUT2D eigenvalue weighted by Gasteiger charge is -2.35. The molecule has 0 bridgehead atoms. The first-order chi connectivity index (χ1) is 15.9. The van der Waals surface area contributed by atoms with Crippen molar-refractivity contribution in [3.63, 3.8) is 0 Å². The quantitative estimate of drug-likeness (QED) is 0.207. The molecule has 8 heteroatoms. The van der Waals surface area contributed by atoms with E-state index in [9.17, 15) is 14.7 Å². The zero-order chi connectivity index (χ0) is 26.0. The molecule has 1 aliphatic carbocycles. The lowest BCUT2D eigenvalue weighted by atomic mass is 9.77. The van der Waals surface area contributed by atoms with E-state index in [1.165, 1.54) is 21.1 Å². The third kappa shape index (κ3) is 8.89. The van der Waals surface area contributed by atoms with Crippen LogP contribution in [-0.4, -0.2) is 59.8 Å². The second-order valence-electron chi connectivity index (χ2n) is 9.31. The summed E-state index contributed by atoms with van der Waals surface area (Å²) in [6.07, 6.45) is 4.36. The predicted octanol–water partition coefficient (Wildman–Crippen LogP) is 3.41. The van der Waals surface area contributed by atoms with Crippen molar-refractivity contribution in [3.8, 4) is 0 Å². The van der Waals surface area contributed by atoms with Crippen molar-refractivity contribution in [1.82, 2.24) is 0 Å². The Morgan fingerprint density at radius 1 is 1.06 bits per heavy atom. The second kappa shape index (κ2) is 14.3. The molecule has 1 aliphatic rings. The number of esters is 1. The van der Waals surface area contributed by atoms with E-state index in [-0.39, 0.29) is 29.1 Å². The van der Waals surface area contributed by atoms with Gasteiger partial charge in [-0.1, -0.05) is 37.1 Å². The van der Waals surface area contributed by atoms with Gasteiger partial charge in [-0.25, -0.2) is 0 Å². The number of aliphatic hydroxyl groups excluding tert-OH is 2. The number of carbonyl (C=O) groups excluding carboxylic acids is 2. The molecule has 8 nitrogen and oxygen atoms in total. The van der Waals surface area contributed by atoms with E-state index >= 15 is 0 Å². The Morgan fingerprint density at radius 2 is 1.71 bits per heavy atom. The number of Topliss-reactive ketones (excluding diaryl/α,β-unsaturated/α-hetero) is 1. The molecular weight excluding hydrogens is 440 g/mol. The van der Waals surface area contributed by atoms with Crippen molar-refractivity contribution in [2.24, 2.45) is 17.8 Å². The molecule has 0 aliphatic heterocycles. The molecule has 0 saturated carbocycles. The van der Waals surface area contributed by atoms with Gasteiger partial charge in [0, 0.05) is 24.7 Å². The van der Waals surface area contributed by atoms with Crippen LogP contribution in [0.4, 0.5) is 0 Å². The molecule has 1 rings (SSSR count). The largest absolute Gasteiger partial charge is 0.493 e. The molecular formula is C26H42O8. The molecule has 0 aromatic carbocycles. The number of allylic oxidation sites excluding steroid dienone is 4. The first kappa shape index (κ1) is 29.9. The molecule has 34 heavy (non-hydrogen) atoms. The van der Waals surface area contributed by atoms with E-state index in [2.05, 4.69) is 12.2 Å². The summed E-state index contributed by atoms with van der Waals surface area (Å²) in [5.74, 6) is -1.32. The van der Waals surface area contributed by atoms with Crippen LogP contribution < -0.4 is 0 Å². The Kier molecular flexibility index (Phi) is 12.6. The Labute approximate surface area is 203 Å². The Hall–Kier alpha value is -2.16. The number of methoxy groups -OCH3 is 2. The zero-order valence-corrected chi connectivity index (χ0v) is 21.5. The first-order valence-corrected chi connectivity index (χ1v) is 11.8. The highest BCUT2D eigenvalue weighted by Crippen LogP contribution is 2.37. The van der Waals surface area contributed by atoms with Crippen LogP contribution in [0.25, 0.3) is 0 Å². The number of carbonyl (C=O) groups is 2. The predicted molar refractivity (Wildman–Crippen MR) is 128 cm³/mol. The number of ketones is 1. The molecule has 0 fully saturated rings. The molecule has 0 heterocycles. The van der Waals surface area contributed by atoms with Crippen LogP contribution in [0.2, 0.25) is 0 Å². The van der Waals surface area contributed by atoms with Crippen molar-refractivity contribution in [2.45, 2.75) is 85.2 Å². The van der Waals surface area contributed by atoms with Crippen molar-refractivity contribution in [1.29, 1.82) is 0 Å². The van der Waals surface area contributed by atoms with E-state index < -0.39 is 30.4 Å². The van der Waals surface area contributed by atoms with E-state index in [1.54, 1.807) is 6.92 Å². The monoisotopic (exact) mass is 482 g/mol. The van der Waals surface area contributed by atoms with Crippen LogP contribution in [0, 0.1) is 17.8 Å². The number of rotatable bonds is 13. The van der Waals surface area contributed by atoms with Crippen LogP contribution >= 0.6 is 0 Å². The SMILES string of the molecule is COC1=C(OC)[C@H](OC(C)=O)[C@H](C/C=C(\C)CC/C=C(\C)C[C@H](O)C[C@@H](C)C(O)O)[C@@H](C)C1=O. The maximum Gasteiger partial charge on any atom is 0.303 e. The van der Waals surface area contributed by atoms with Crippen LogP contribution in [0.15, 0.2) is 34.8 Å². The third-order valence-corrected chi connectivity index (χ3v) is 6.35. The van der Waals surface area contributed by atoms with Crippen LogP contribution in [0.1, 0.15) is 66.7 Å². The first-order valence-electron chi connectivity index (χ1n) is 11.8. The summed E-state index contributed by atoms with van der Waals surface area (Å²) in [7, 11) is 2.84. The van der Waals surface area contributed by atoms with Gasteiger partial charge < -0.3 is 29.5 Å². The Balaban J connectivity index is 2.79. The van der Waals surface area contributed by atoms with Gasteiger partial charge in [-0.3, -0.25) is 9.59 Å². The van der Waals surface area contributed by atoms with Crippen molar-refractivity contribution in [2.75, 3.05) is 14.2 Å². The lowest BCUT2D eigenvalue weighted by molar-refractivity contribution is -0.153. The minimum absolute atomic E-state index is 0.101. The minimum atomic E-state index is -1.43. The van der Waals surface area contributed by atoms with E-state index in [0.717, 1.165) is 24.0 Å². The number of hydrogen-bond acceptors (Lipinski definition) is 8. The van der Waals surface area contributed by atoms with Crippen molar-refractivity contribution >= 4 is 11.8 Å². The summed E-state index contributed by atoms with van der Waals surface area (Å²) in [4.78, 5) is 24.5. The van der Waals surface area contributed by atoms with Gasteiger partial charge in [0.25, 0.3) is 0 Å². The fourth-order valence-electron chi connectivity index (χ4n) is 4.24. The molecule has 0 saturated heterocycles. The van der Waals surface area contributed by atoms with Crippen LogP contribution in [0.3, 0.4) is 0 Å². The number of aliphatic hydroxyl groups is 3. The highest BCUT2D eigenvalue weighted by Gasteiger charge is 2.45. The zero-order valence-electron chi connectivity index (χ0n) is 21.5. The standard InChI is InChI=1S/C26H42O8/c1-15(9-8-10-16(2)13-20(28)14-17(3)26(30)31)11-12-21-18(4)22(29)24(32-6)25(33-7)23(21)34-19(5)27/h10-11,17-18,20-21,23,26,28,30-31H,8-9,12-14H2,1-7H3/b15-11+,16-10+/t17-,18-,20+,21-,23-/m1/s1. The summed E-state index contributed by atoms with van der Waals surface area (Å²) in [5, 5.41) is 28.4. The molecule has 0 amide bonds. The number of ether oxygens (including phenoxy) is 3. The van der Waals surface area contributed by atoms with Crippen LogP contribution in [-0.2, 0) is 23.8 Å². The molecule has 5 atom stereocenters. The van der Waals surface area contributed by atoms with Crippen molar-refractivity contribution < 1.29 is 39.1 Å². The highest BCUT2D eigenvalue weighted by atomic mass is 16.6. The molecule has 0 unspecified atom stereocenters.